The smallest absolute Gasteiger partial charge is 0.255 e. The lowest BCUT2D eigenvalue weighted by Gasteiger charge is -2.11. The minimum absolute atomic E-state index is 0.251. The van der Waals surface area contributed by atoms with E-state index < -0.39 is 0 Å². The van der Waals surface area contributed by atoms with Crippen molar-refractivity contribution in [3.63, 3.8) is 0 Å². The van der Waals surface area contributed by atoms with Gasteiger partial charge in [-0.2, -0.15) is 0 Å². The number of methoxy groups -OCH3 is 1. The predicted molar refractivity (Wildman–Crippen MR) is 104 cm³/mol. The first-order valence-electron chi connectivity index (χ1n) is 8.19. The molecule has 1 amide bonds. The maximum atomic E-state index is 12.5. The Morgan fingerprint density at radius 2 is 2.00 bits per heavy atom. The van der Waals surface area contributed by atoms with Crippen LogP contribution in [-0.2, 0) is 0 Å². The quantitative estimate of drug-likeness (QED) is 0.574. The zero-order chi connectivity index (χ0) is 18.8. The molecule has 0 radical (unpaired) electrons. The van der Waals surface area contributed by atoms with Gasteiger partial charge in [-0.25, -0.2) is 9.97 Å². The normalized spacial score (nSPS) is 10.7. The highest BCUT2D eigenvalue weighted by Crippen LogP contribution is 2.30. The third kappa shape index (κ3) is 3.47. The molecule has 0 saturated carbocycles. The molecule has 0 aliphatic carbocycles. The van der Waals surface area contributed by atoms with Gasteiger partial charge in [0.25, 0.3) is 5.91 Å². The number of halogens is 1. The average molecular weight is 379 g/mol. The molecule has 2 aromatic heterocycles. The SMILES string of the molecule is COc1ccc(-c2cn3cccnc3n2)cc1NC(=O)c1ccc(Cl)cc1. The van der Waals surface area contributed by atoms with E-state index in [4.69, 9.17) is 16.3 Å². The number of fused-ring (bicyclic) bond motifs is 1. The van der Waals surface area contributed by atoms with E-state index in [0.29, 0.717) is 27.8 Å². The number of nitrogens with zero attached hydrogens (tertiary/aromatic N) is 3. The number of amides is 1. The van der Waals surface area contributed by atoms with Crippen LogP contribution < -0.4 is 10.1 Å². The Hall–Kier alpha value is -3.38. The summed E-state index contributed by atoms with van der Waals surface area (Å²) in [5.74, 6) is 0.914. The molecule has 0 spiro atoms. The van der Waals surface area contributed by atoms with Crippen LogP contribution in [0.5, 0.6) is 5.75 Å². The van der Waals surface area contributed by atoms with Gasteiger partial charge in [0.15, 0.2) is 0 Å². The summed E-state index contributed by atoms with van der Waals surface area (Å²) < 4.78 is 7.22. The number of ether oxygens (including phenoxy) is 1. The molecule has 27 heavy (non-hydrogen) atoms. The van der Waals surface area contributed by atoms with Crippen LogP contribution in [0.4, 0.5) is 5.69 Å². The van der Waals surface area contributed by atoms with Crippen LogP contribution in [-0.4, -0.2) is 27.4 Å². The lowest BCUT2D eigenvalue weighted by atomic mass is 10.1. The Kier molecular flexibility index (Phi) is 4.48. The highest BCUT2D eigenvalue weighted by Gasteiger charge is 2.13. The van der Waals surface area contributed by atoms with Crippen molar-refractivity contribution in [2.75, 3.05) is 12.4 Å². The van der Waals surface area contributed by atoms with Crippen LogP contribution in [0, 0.1) is 0 Å². The Morgan fingerprint density at radius 3 is 2.74 bits per heavy atom. The fraction of sp³-hybridized carbons (Fsp3) is 0.0500. The molecule has 0 unspecified atom stereocenters. The summed E-state index contributed by atoms with van der Waals surface area (Å²) in [5.41, 5.74) is 2.65. The van der Waals surface area contributed by atoms with Crippen molar-refractivity contribution in [3.05, 3.63) is 77.7 Å². The summed E-state index contributed by atoms with van der Waals surface area (Å²) in [7, 11) is 1.56. The largest absolute Gasteiger partial charge is 0.495 e. The van der Waals surface area contributed by atoms with E-state index in [9.17, 15) is 4.79 Å². The van der Waals surface area contributed by atoms with E-state index in [-0.39, 0.29) is 5.91 Å². The third-order valence-corrected chi connectivity index (χ3v) is 4.34. The predicted octanol–water partition coefficient (Wildman–Crippen LogP) is 4.31. The van der Waals surface area contributed by atoms with Gasteiger partial charge >= 0.3 is 0 Å². The van der Waals surface area contributed by atoms with Crippen LogP contribution in [0.1, 0.15) is 10.4 Å². The first-order chi connectivity index (χ1) is 13.1. The maximum absolute atomic E-state index is 12.5. The van der Waals surface area contributed by atoms with Crippen LogP contribution in [0.2, 0.25) is 5.02 Å². The first kappa shape index (κ1) is 17.1. The number of aromatic nitrogens is 3. The Labute approximate surface area is 160 Å². The van der Waals surface area contributed by atoms with Crippen LogP contribution in [0.25, 0.3) is 17.0 Å². The monoisotopic (exact) mass is 378 g/mol. The second kappa shape index (κ2) is 7.09. The molecule has 134 valence electrons. The number of carbonyl (C=O) groups is 1. The second-order valence-electron chi connectivity index (χ2n) is 5.83. The van der Waals surface area contributed by atoms with Crippen molar-refractivity contribution in [2.24, 2.45) is 0 Å². The fourth-order valence-corrected chi connectivity index (χ4v) is 2.86. The second-order valence-corrected chi connectivity index (χ2v) is 6.27. The summed E-state index contributed by atoms with van der Waals surface area (Å²) in [6, 6.07) is 14.0. The minimum atomic E-state index is -0.251. The van der Waals surface area contributed by atoms with Crippen LogP contribution in [0.15, 0.2) is 67.1 Å². The number of benzene rings is 2. The molecule has 2 heterocycles. The summed E-state index contributed by atoms with van der Waals surface area (Å²) in [5, 5.41) is 3.46. The maximum Gasteiger partial charge on any atom is 0.255 e. The van der Waals surface area contributed by atoms with E-state index >= 15 is 0 Å². The molecule has 0 saturated heterocycles. The van der Waals surface area contributed by atoms with Gasteiger partial charge in [-0.3, -0.25) is 9.20 Å². The molecule has 0 fully saturated rings. The Bertz CT molecular complexity index is 1090. The number of imidazole rings is 1. The zero-order valence-corrected chi connectivity index (χ0v) is 15.1. The number of rotatable bonds is 4. The van der Waals surface area contributed by atoms with Gasteiger partial charge in [0.05, 0.1) is 18.5 Å². The molecular formula is C20H15ClN4O2. The molecular weight excluding hydrogens is 364 g/mol. The van der Waals surface area contributed by atoms with Crippen molar-refractivity contribution in [1.29, 1.82) is 0 Å². The van der Waals surface area contributed by atoms with Crippen molar-refractivity contribution < 1.29 is 9.53 Å². The Balaban J connectivity index is 1.68. The van der Waals surface area contributed by atoms with Crippen LogP contribution in [0.3, 0.4) is 0 Å². The number of nitrogens with one attached hydrogen (secondary N) is 1. The van der Waals surface area contributed by atoms with Gasteiger partial charge in [-0.05, 0) is 48.5 Å². The molecule has 0 atom stereocenters. The Morgan fingerprint density at radius 1 is 1.19 bits per heavy atom. The summed E-state index contributed by atoms with van der Waals surface area (Å²) >= 11 is 5.88. The number of carbonyl (C=O) groups excluding carboxylic acids is 1. The fourth-order valence-electron chi connectivity index (χ4n) is 2.73. The highest BCUT2D eigenvalue weighted by molar-refractivity contribution is 6.30. The van der Waals surface area contributed by atoms with Crippen molar-refractivity contribution in [3.8, 4) is 17.0 Å². The van der Waals surface area contributed by atoms with Crippen molar-refractivity contribution in [2.45, 2.75) is 0 Å². The van der Waals surface area contributed by atoms with E-state index in [1.165, 1.54) is 0 Å². The number of hydrogen-bond donors (Lipinski definition) is 1. The van der Waals surface area contributed by atoms with Crippen molar-refractivity contribution in [1.82, 2.24) is 14.4 Å². The van der Waals surface area contributed by atoms with E-state index in [1.54, 1.807) is 43.6 Å². The summed E-state index contributed by atoms with van der Waals surface area (Å²) in [6.07, 6.45) is 5.46. The van der Waals surface area contributed by atoms with Gasteiger partial charge in [-0.1, -0.05) is 11.6 Å². The molecule has 7 heteroatoms. The topological polar surface area (TPSA) is 68.5 Å². The van der Waals surface area contributed by atoms with E-state index in [1.807, 2.05) is 35.0 Å². The standard InChI is InChI=1S/C20H15ClN4O2/c1-27-18-8-5-14(17-12-25-10-2-9-22-20(25)24-17)11-16(18)23-19(26)13-3-6-15(21)7-4-13/h2-12H,1H3,(H,23,26). The summed E-state index contributed by atoms with van der Waals surface area (Å²) in [6.45, 7) is 0. The first-order valence-corrected chi connectivity index (χ1v) is 8.57. The highest BCUT2D eigenvalue weighted by atomic mass is 35.5. The molecule has 6 nitrogen and oxygen atoms in total. The van der Waals surface area contributed by atoms with Gasteiger partial charge in [0.1, 0.15) is 5.75 Å². The van der Waals surface area contributed by atoms with Gasteiger partial charge in [0, 0.05) is 34.7 Å². The van der Waals surface area contributed by atoms with Crippen LogP contribution >= 0.6 is 11.6 Å². The van der Waals surface area contributed by atoms with E-state index in [0.717, 1.165) is 11.3 Å². The molecule has 0 aliphatic rings. The molecule has 0 bridgehead atoms. The lowest BCUT2D eigenvalue weighted by molar-refractivity contribution is 0.102. The van der Waals surface area contributed by atoms with Gasteiger partial charge < -0.3 is 10.1 Å². The number of anilines is 1. The zero-order valence-electron chi connectivity index (χ0n) is 14.4. The minimum Gasteiger partial charge on any atom is -0.495 e. The summed E-state index contributed by atoms with van der Waals surface area (Å²) in [4.78, 5) is 21.3. The molecule has 1 N–H and O–H groups in total. The van der Waals surface area contributed by atoms with Crippen molar-refractivity contribution >= 4 is 29.0 Å². The lowest BCUT2D eigenvalue weighted by Crippen LogP contribution is -2.12. The van der Waals surface area contributed by atoms with Gasteiger partial charge in [0.2, 0.25) is 5.78 Å². The average Bonchev–Trinajstić information content (AvgIpc) is 3.12. The molecule has 2 aromatic carbocycles. The molecule has 4 aromatic rings. The molecule has 4 rings (SSSR count). The number of hydrogen-bond acceptors (Lipinski definition) is 4. The molecule has 0 aliphatic heterocycles. The van der Waals surface area contributed by atoms with Gasteiger partial charge in [-0.15, -0.1) is 0 Å². The van der Waals surface area contributed by atoms with E-state index in [2.05, 4.69) is 15.3 Å². The third-order valence-electron chi connectivity index (χ3n) is 4.09.